The van der Waals surface area contributed by atoms with Crippen LogP contribution in [0.1, 0.15) is 32.3 Å². The molecule has 9 nitrogen and oxygen atoms in total. The molecular formula is C26H31FN4O5. The number of rotatable bonds is 9. The highest BCUT2D eigenvalue weighted by molar-refractivity contribution is 6.43. The number of hydrogen-bond donors (Lipinski definition) is 1. The van der Waals surface area contributed by atoms with Crippen LogP contribution in [0.2, 0.25) is 0 Å². The zero-order valence-electron chi connectivity index (χ0n) is 20.6. The molecule has 2 aromatic carbocycles. The average molecular weight is 499 g/mol. The maximum atomic E-state index is 13.2. The molecule has 0 unspecified atom stereocenters. The Morgan fingerprint density at radius 1 is 1.06 bits per heavy atom. The van der Waals surface area contributed by atoms with Crippen LogP contribution >= 0.6 is 0 Å². The highest BCUT2D eigenvalue weighted by Gasteiger charge is 2.26. The second kappa shape index (κ2) is 11.9. The van der Waals surface area contributed by atoms with Crippen LogP contribution < -0.4 is 19.7 Å². The number of carbonyl (C=O) groups is 2. The van der Waals surface area contributed by atoms with E-state index in [1.165, 1.54) is 17.1 Å². The number of amides is 2. The normalized spacial score (nSPS) is 16.0. The molecule has 0 atom stereocenters. The van der Waals surface area contributed by atoms with Gasteiger partial charge in [0.15, 0.2) is 0 Å². The van der Waals surface area contributed by atoms with Crippen molar-refractivity contribution in [2.45, 2.75) is 33.2 Å². The lowest BCUT2D eigenvalue weighted by Gasteiger charge is -2.31. The van der Waals surface area contributed by atoms with Gasteiger partial charge < -0.3 is 24.4 Å². The maximum absolute atomic E-state index is 13.2. The standard InChI is InChI=1S/C26H31FN4O5/c1-3-35-23-16-22(30-11-13-34-14-12-30)24(36-4-2)15-21(23)28-26(33)20-9-10-25(32)31(29-20)17-18-5-7-19(27)8-6-18/h5-8,15-16H,3-4,9-14,17H2,1-2H3,(H,28,33). The van der Waals surface area contributed by atoms with Gasteiger partial charge in [0.25, 0.3) is 5.91 Å². The summed E-state index contributed by atoms with van der Waals surface area (Å²) < 4.78 is 30.4. The van der Waals surface area contributed by atoms with Crippen LogP contribution in [0.25, 0.3) is 0 Å². The minimum absolute atomic E-state index is 0.156. The molecule has 0 aliphatic carbocycles. The third-order valence-corrected chi connectivity index (χ3v) is 5.87. The van der Waals surface area contributed by atoms with Gasteiger partial charge in [-0.15, -0.1) is 0 Å². The number of halogens is 1. The highest BCUT2D eigenvalue weighted by Crippen LogP contribution is 2.39. The van der Waals surface area contributed by atoms with E-state index in [9.17, 15) is 14.0 Å². The van der Waals surface area contributed by atoms with Crippen LogP contribution in [0.3, 0.4) is 0 Å². The Kier molecular flexibility index (Phi) is 8.37. The molecular weight excluding hydrogens is 467 g/mol. The summed E-state index contributed by atoms with van der Waals surface area (Å²) in [7, 11) is 0. The molecule has 0 bridgehead atoms. The highest BCUT2D eigenvalue weighted by atomic mass is 19.1. The molecule has 36 heavy (non-hydrogen) atoms. The van der Waals surface area contributed by atoms with Crippen molar-refractivity contribution in [1.82, 2.24) is 5.01 Å². The quantitative estimate of drug-likeness (QED) is 0.568. The first-order valence-electron chi connectivity index (χ1n) is 12.2. The SMILES string of the molecule is CCOc1cc(N2CCOCC2)c(OCC)cc1NC(=O)C1=NN(Cc2ccc(F)cc2)C(=O)CC1. The molecule has 1 saturated heterocycles. The van der Waals surface area contributed by atoms with Gasteiger partial charge in [-0.25, -0.2) is 9.40 Å². The lowest BCUT2D eigenvalue weighted by atomic mass is 10.1. The Balaban J connectivity index is 1.57. The Bertz CT molecular complexity index is 1120. The van der Waals surface area contributed by atoms with E-state index in [2.05, 4.69) is 15.3 Å². The summed E-state index contributed by atoms with van der Waals surface area (Å²) in [6.45, 7) is 7.52. The number of nitrogens with one attached hydrogen (secondary N) is 1. The van der Waals surface area contributed by atoms with Gasteiger partial charge in [-0.1, -0.05) is 12.1 Å². The second-order valence-electron chi connectivity index (χ2n) is 8.36. The van der Waals surface area contributed by atoms with Crippen molar-refractivity contribution < 1.29 is 28.2 Å². The fraction of sp³-hybridized carbons (Fsp3) is 0.423. The fourth-order valence-electron chi connectivity index (χ4n) is 4.09. The van der Waals surface area contributed by atoms with Crippen molar-refractivity contribution in [3.8, 4) is 11.5 Å². The van der Waals surface area contributed by atoms with Crippen LogP contribution in [0, 0.1) is 5.82 Å². The van der Waals surface area contributed by atoms with Crippen molar-refractivity contribution in [2.24, 2.45) is 5.10 Å². The number of nitrogens with zero attached hydrogens (tertiary/aromatic N) is 3. The number of benzene rings is 2. The lowest BCUT2D eigenvalue weighted by Crippen LogP contribution is -2.37. The summed E-state index contributed by atoms with van der Waals surface area (Å²) in [5, 5.41) is 8.45. The minimum Gasteiger partial charge on any atom is -0.492 e. The summed E-state index contributed by atoms with van der Waals surface area (Å²) in [6, 6.07) is 9.47. The van der Waals surface area contributed by atoms with Crippen LogP contribution in [-0.4, -0.2) is 62.1 Å². The largest absolute Gasteiger partial charge is 0.492 e. The topological polar surface area (TPSA) is 92.7 Å². The van der Waals surface area contributed by atoms with Gasteiger partial charge in [0.2, 0.25) is 5.91 Å². The Labute approximate surface area is 209 Å². The second-order valence-corrected chi connectivity index (χ2v) is 8.36. The number of morpholine rings is 1. The molecule has 1 fully saturated rings. The summed E-state index contributed by atoms with van der Waals surface area (Å²) in [5.74, 6) is 0.181. The molecule has 0 saturated carbocycles. The molecule has 10 heteroatoms. The number of hydrogen-bond acceptors (Lipinski definition) is 7. The number of hydrazone groups is 1. The molecule has 1 N–H and O–H groups in total. The molecule has 4 rings (SSSR count). The van der Waals surface area contributed by atoms with E-state index in [1.54, 1.807) is 18.2 Å². The number of ether oxygens (including phenoxy) is 3. The van der Waals surface area contributed by atoms with E-state index < -0.39 is 5.91 Å². The first-order chi connectivity index (χ1) is 17.5. The average Bonchev–Trinajstić information content (AvgIpc) is 2.89. The minimum atomic E-state index is -0.422. The third-order valence-electron chi connectivity index (χ3n) is 5.87. The van der Waals surface area contributed by atoms with Crippen LogP contribution in [0.4, 0.5) is 15.8 Å². The molecule has 0 spiro atoms. The van der Waals surface area contributed by atoms with E-state index in [4.69, 9.17) is 14.2 Å². The number of anilines is 2. The molecule has 0 radical (unpaired) electrons. The summed E-state index contributed by atoms with van der Waals surface area (Å²) in [4.78, 5) is 27.7. The maximum Gasteiger partial charge on any atom is 0.271 e. The molecule has 2 heterocycles. The van der Waals surface area contributed by atoms with E-state index in [0.717, 1.165) is 18.8 Å². The molecule has 2 aliphatic heterocycles. The van der Waals surface area contributed by atoms with Gasteiger partial charge in [-0.2, -0.15) is 5.10 Å². The van der Waals surface area contributed by atoms with E-state index in [1.807, 2.05) is 19.9 Å². The summed E-state index contributed by atoms with van der Waals surface area (Å²) in [5.41, 5.74) is 2.29. The predicted molar refractivity (Wildman–Crippen MR) is 134 cm³/mol. The third kappa shape index (κ3) is 6.12. The fourth-order valence-corrected chi connectivity index (χ4v) is 4.09. The summed E-state index contributed by atoms with van der Waals surface area (Å²) >= 11 is 0. The van der Waals surface area contributed by atoms with E-state index in [-0.39, 0.29) is 36.8 Å². The van der Waals surface area contributed by atoms with Crippen LogP contribution in [0.5, 0.6) is 11.5 Å². The van der Waals surface area contributed by atoms with Crippen molar-refractivity contribution in [3.05, 3.63) is 47.8 Å². The lowest BCUT2D eigenvalue weighted by molar-refractivity contribution is -0.132. The monoisotopic (exact) mass is 498 g/mol. The van der Waals surface area contributed by atoms with Gasteiger partial charge in [-0.3, -0.25) is 9.59 Å². The zero-order chi connectivity index (χ0) is 25.5. The van der Waals surface area contributed by atoms with Crippen LogP contribution in [-0.2, 0) is 20.9 Å². The first kappa shape index (κ1) is 25.4. The van der Waals surface area contributed by atoms with E-state index >= 15 is 0 Å². The van der Waals surface area contributed by atoms with E-state index in [0.29, 0.717) is 49.2 Å². The molecule has 2 aromatic rings. The van der Waals surface area contributed by atoms with Crippen molar-refractivity contribution in [3.63, 3.8) is 0 Å². The van der Waals surface area contributed by atoms with Crippen molar-refractivity contribution in [1.29, 1.82) is 0 Å². The molecule has 2 aliphatic rings. The summed E-state index contributed by atoms with van der Waals surface area (Å²) in [6.07, 6.45) is 0.380. The van der Waals surface area contributed by atoms with Crippen LogP contribution in [0.15, 0.2) is 41.5 Å². The zero-order valence-corrected chi connectivity index (χ0v) is 20.6. The molecule has 0 aromatic heterocycles. The molecule has 2 amide bonds. The van der Waals surface area contributed by atoms with Gasteiger partial charge >= 0.3 is 0 Å². The number of carbonyl (C=O) groups excluding carboxylic acids is 2. The van der Waals surface area contributed by atoms with Gasteiger partial charge in [0, 0.05) is 38.1 Å². The molecule has 192 valence electrons. The first-order valence-corrected chi connectivity index (χ1v) is 12.2. The Hall–Kier alpha value is -3.66. The predicted octanol–water partition coefficient (Wildman–Crippen LogP) is 3.58. The Morgan fingerprint density at radius 2 is 1.75 bits per heavy atom. The van der Waals surface area contributed by atoms with Crippen molar-refractivity contribution in [2.75, 3.05) is 49.7 Å². The van der Waals surface area contributed by atoms with Gasteiger partial charge in [0.05, 0.1) is 44.3 Å². The van der Waals surface area contributed by atoms with Gasteiger partial charge in [-0.05, 0) is 31.5 Å². The van der Waals surface area contributed by atoms with Gasteiger partial charge in [0.1, 0.15) is 23.0 Å². The Morgan fingerprint density at radius 3 is 2.44 bits per heavy atom. The smallest absolute Gasteiger partial charge is 0.271 e. The van der Waals surface area contributed by atoms with Crippen molar-refractivity contribution >= 4 is 28.9 Å².